The standard InChI is InChI=1S/C31H26N4O5/c1-3-39-30(38)23-11-15-25(16-12-23)40-31-33-20(2)26-17-18-27(36)35(28(26)34-31)24-13-9-22(10-14-24)29(37)32-19-21-7-5-4-6-8-21/h4-18H,3,19H2,1-2H3,(H,32,37). The van der Waals surface area contributed by atoms with Gasteiger partial charge in [0.15, 0.2) is 5.65 Å². The lowest BCUT2D eigenvalue weighted by Gasteiger charge is -2.13. The fourth-order valence-corrected chi connectivity index (χ4v) is 4.16. The number of carbonyl (C=O) groups excluding carboxylic acids is 2. The maximum absolute atomic E-state index is 13.0. The Bertz CT molecular complexity index is 1730. The van der Waals surface area contributed by atoms with Crippen LogP contribution in [0.1, 0.15) is 38.9 Å². The molecule has 0 aliphatic rings. The van der Waals surface area contributed by atoms with Crippen LogP contribution in [-0.2, 0) is 11.3 Å². The highest BCUT2D eigenvalue weighted by Crippen LogP contribution is 2.24. The van der Waals surface area contributed by atoms with Crippen LogP contribution in [0.15, 0.2) is 95.8 Å². The molecule has 0 saturated heterocycles. The van der Waals surface area contributed by atoms with Gasteiger partial charge in [-0.3, -0.25) is 14.2 Å². The maximum atomic E-state index is 13.0. The van der Waals surface area contributed by atoms with E-state index in [0.717, 1.165) is 5.56 Å². The summed E-state index contributed by atoms with van der Waals surface area (Å²) in [5, 5.41) is 3.57. The second kappa shape index (κ2) is 11.6. The number of amides is 1. The van der Waals surface area contributed by atoms with Gasteiger partial charge in [-0.2, -0.15) is 9.97 Å². The van der Waals surface area contributed by atoms with Gasteiger partial charge in [-0.1, -0.05) is 30.3 Å². The minimum atomic E-state index is -0.421. The molecule has 9 heteroatoms. The van der Waals surface area contributed by atoms with Crippen molar-refractivity contribution in [3.63, 3.8) is 0 Å². The second-order valence-corrected chi connectivity index (χ2v) is 8.90. The molecule has 5 aromatic rings. The fraction of sp³-hybridized carbons (Fsp3) is 0.129. The molecule has 0 aliphatic carbocycles. The van der Waals surface area contributed by atoms with Crippen molar-refractivity contribution in [2.75, 3.05) is 6.61 Å². The predicted octanol–water partition coefficient (Wildman–Crippen LogP) is 4.99. The lowest BCUT2D eigenvalue weighted by atomic mass is 10.1. The van der Waals surface area contributed by atoms with Gasteiger partial charge in [0.05, 0.1) is 23.6 Å². The third-order valence-corrected chi connectivity index (χ3v) is 6.18. The maximum Gasteiger partial charge on any atom is 0.338 e. The topological polar surface area (TPSA) is 112 Å². The van der Waals surface area contributed by atoms with E-state index >= 15 is 0 Å². The van der Waals surface area contributed by atoms with Gasteiger partial charge in [0, 0.05) is 23.6 Å². The summed E-state index contributed by atoms with van der Waals surface area (Å²) in [4.78, 5) is 46.5. The SMILES string of the molecule is CCOC(=O)c1ccc(Oc2nc(C)c3ccc(=O)n(-c4ccc(C(=O)NCc5ccccc5)cc4)c3n2)cc1. The van der Waals surface area contributed by atoms with E-state index in [2.05, 4.69) is 15.3 Å². The van der Waals surface area contributed by atoms with Crippen molar-refractivity contribution in [3.8, 4) is 17.4 Å². The number of nitrogens with one attached hydrogen (secondary N) is 1. The van der Waals surface area contributed by atoms with Crippen LogP contribution >= 0.6 is 0 Å². The van der Waals surface area contributed by atoms with E-state index in [9.17, 15) is 14.4 Å². The molecule has 1 N–H and O–H groups in total. The van der Waals surface area contributed by atoms with Crippen LogP contribution in [0.5, 0.6) is 11.8 Å². The number of aromatic nitrogens is 3. The minimum absolute atomic E-state index is 0.0464. The fourth-order valence-electron chi connectivity index (χ4n) is 4.16. The molecule has 40 heavy (non-hydrogen) atoms. The summed E-state index contributed by atoms with van der Waals surface area (Å²) in [7, 11) is 0. The molecule has 200 valence electrons. The summed E-state index contributed by atoms with van der Waals surface area (Å²) in [5.74, 6) is -0.221. The van der Waals surface area contributed by atoms with Gasteiger partial charge < -0.3 is 14.8 Å². The van der Waals surface area contributed by atoms with Crippen molar-refractivity contribution in [2.24, 2.45) is 0 Å². The van der Waals surface area contributed by atoms with E-state index in [1.807, 2.05) is 30.3 Å². The molecule has 5 rings (SSSR count). The van der Waals surface area contributed by atoms with E-state index < -0.39 is 5.97 Å². The lowest BCUT2D eigenvalue weighted by Crippen LogP contribution is -2.23. The number of aryl methyl sites for hydroxylation is 1. The average molecular weight is 535 g/mol. The first-order chi connectivity index (χ1) is 19.4. The van der Waals surface area contributed by atoms with Crippen LogP contribution < -0.4 is 15.6 Å². The third-order valence-electron chi connectivity index (χ3n) is 6.18. The number of benzene rings is 3. The van der Waals surface area contributed by atoms with E-state index in [-0.39, 0.29) is 24.1 Å². The van der Waals surface area contributed by atoms with Crippen LogP contribution in [0.2, 0.25) is 0 Å². The number of hydrogen-bond acceptors (Lipinski definition) is 7. The summed E-state index contributed by atoms with van der Waals surface area (Å²) in [5.41, 5.74) is 3.09. The van der Waals surface area contributed by atoms with Gasteiger partial charge in [-0.25, -0.2) is 4.79 Å². The van der Waals surface area contributed by atoms with E-state index in [4.69, 9.17) is 9.47 Å². The van der Waals surface area contributed by atoms with E-state index in [1.165, 1.54) is 10.6 Å². The zero-order chi connectivity index (χ0) is 28.1. The van der Waals surface area contributed by atoms with Crippen molar-refractivity contribution >= 4 is 22.9 Å². The first kappa shape index (κ1) is 26.3. The number of esters is 1. The largest absolute Gasteiger partial charge is 0.462 e. The zero-order valence-electron chi connectivity index (χ0n) is 22.0. The van der Waals surface area contributed by atoms with Crippen LogP contribution in [0.4, 0.5) is 0 Å². The summed E-state index contributed by atoms with van der Waals surface area (Å²) in [6.07, 6.45) is 0. The van der Waals surface area contributed by atoms with Crippen molar-refractivity contribution < 1.29 is 19.1 Å². The molecule has 0 unspecified atom stereocenters. The molecular weight excluding hydrogens is 508 g/mol. The summed E-state index contributed by atoms with van der Waals surface area (Å²) in [6.45, 7) is 4.24. The third kappa shape index (κ3) is 5.73. The molecule has 1 amide bonds. The molecule has 3 aromatic carbocycles. The highest BCUT2D eigenvalue weighted by atomic mass is 16.5. The Hall–Kier alpha value is -5.31. The Morgan fingerprint density at radius 3 is 2.25 bits per heavy atom. The minimum Gasteiger partial charge on any atom is -0.462 e. The van der Waals surface area contributed by atoms with Crippen molar-refractivity contribution in [1.29, 1.82) is 0 Å². The van der Waals surface area contributed by atoms with Gasteiger partial charge in [0.1, 0.15) is 5.75 Å². The Labute approximate surface area is 230 Å². The molecular formula is C31H26N4O5. The number of rotatable bonds is 8. The highest BCUT2D eigenvalue weighted by Gasteiger charge is 2.14. The van der Waals surface area contributed by atoms with Crippen LogP contribution in [-0.4, -0.2) is 33.0 Å². The number of carbonyl (C=O) groups is 2. The molecule has 2 heterocycles. The van der Waals surface area contributed by atoms with Gasteiger partial charge in [-0.15, -0.1) is 0 Å². The molecule has 0 aliphatic heterocycles. The summed E-state index contributed by atoms with van der Waals surface area (Å²) >= 11 is 0. The molecule has 0 bridgehead atoms. The molecule has 0 saturated carbocycles. The Morgan fingerprint density at radius 2 is 1.55 bits per heavy atom. The van der Waals surface area contributed by atoms with Gasteiger partial charge in [-0.05, 0) is 74.0 Å². The Balaban J connectivity index is 1.41. The van der Waals surface area contributed by atoms with Crippen molar-refractivity contribution in [1.82, 2.24) is 19.9 Å². The van der Waals surface area contributed by atoms with Crippen molar-refractivity contribution in [2.45, 2.75) is 20.4 Å². The quantitative estimate of drug-likeness (QED) is 0.279. The molecule has 0 radical (unpaired) electrons. The lowest BCUT2D eigenvalue weighted by molar-refractivity contribution is 0.0526. The molecule has 0 fully saturated rings. The Morgan fingerprint density at radius 1 is 0.850 bits per heavy atom. The molecule has 2 aromatic heterocycles. The van der Waals surface area contributed by atoms with Crippen LogP contribution in [0.25, 0.3) is 16.7 Å². The zero-order valence-corrected chi connectivity index (χ0v) is 22.0. The predicted molar refractivity (Wildman–Crippen MR) is 150 cm³/mol. The van der Waals surface area contributed by atoms with E-state index in [1.54, 1.807) is 68.4 Å². The summed E-state index contributed by atoms with van der Waals surface area (Å²) < 4.78 is 12.3. The first-order valence-corrected chi connectivity index (χ1v) is 12.7. The van der Waals surface area contributed by atoms with Crippen LogP contribution in [0.3, 0.4) is 0 Å². The molecule has 9 nitrogen and oxygen atoms in total. The van der Waals surface area contributed by atoms with Crippen molar-refractivity contribution in [3.05, 3.63) is 124 Å². The van der Waals surface area contributed by atoms with E-state index in [0.29, 0.717) is 45.8 Å². The number of pyridine rings is 1. The number of hydrogen-bond donors (Lipinski definition) is 1. The average Bonchev–Trinajstić information content (AvgIpc) is 2.97. The number of fused-ring (bicyclic) bond motifs is 1. The summed E-state index contributed by atoms with van der Waals surface area (Å²) in [6, 6.07) is 26.0. The van der Waals surface area contributed by atoms with Gasteiger partial charge >= 0.3 is 12.0 Å². The molecule has 0 atom stereocenters. The number of ether oxygens (including phenoxy) is 2. The monoisotopic (exact) mass is 534 g/mol. The number of nitrogens with zero attached hydrogens (tertiary/aromatic N) is 3. The smallest absolute Gasteiger partial charge is 0.338 e. The van der Waals surface area contributed by atoms with Gasteiger partial charge in [0.25, 0.3) is 11.5 Å². The molecule has 0 spiro atoms. The first-order valence-electron chi connectivity index (χ1n) is 12.7. The highest BCUT2D eigenvalue weighted by molar-refractivity contribution is 5.94. The van der Waals surface area contributed by atoms with Gasteiger partial charge in [0.2, 0.25) is 0 Å². The normalized spacial score (nSPS) is 10.8. The second-order valence-electron chi connectivity index (χ2n) is 8.90. The van der Waals surface area contributed by atoms with Crippen LogP contribution in [0, 0.1) is 6.92 Å². The Kier molecular flexibility index (Phi) is 7.63.